The van der Waals surface area contributed by atoms with Crippen molar-refractivity contribution in [1.29, 1.82) is 0 Å². The summed E-state index contributed by atoms with van der Waals surface area (Å²) in [5.74, 6) is -1.04. The number of benzene rings is 2. The van der Waals surface area contributed by atoms with E-state index in [1.807, 2.05) is 0 Å². The minimum Gasteiger partial charge on any atom is -0.480 e. The Morgan fingerprint density at radius 2 is 1.97 bits per heavy atom. The van der Waals surface area contributed by atoms with Gasteiger partial charge in [0.05, 0.1) is 17.1 Å². The van der Waals surface area contributed by atoms with Gasteiger partial charge in [-0.15, -0.1) is 0 Å². The second-order valence-corrected chi connectivity index (χ2v) is 9.03. The van der Waals surface area contributed by atoms with Crippen LogP contribution in [0.15, 0.2) is 41.3 Å². The fraction of sp³-hybridized carbons (Fsp3) is 0.350. The zero-order valence-corrected chi connectivity index (χ0v) is 17.0. The van der Waals surface area contributed by atoms with Crippen molar-refractivity contribution in [2.24, 2.45) is 0 Å². The lowest BCUT2D eigenvalue weighted by molar-refractivity contribution is -0.189. The van der Waals surface area contributed by atoms with Crippen molar-refractivity contribution < 1.29 is 36.2 Å². The Bertz CT molecular complexity index is 1080. The fourth-order valence-corrected chi connectivity index (χ4v) is 3.93. The number of amides is 1. The van der Waals surface area contributed by atoms with E-state index in [1.165, 1.54) is 4.90 Å². The second kappa shape index (κ2) is 7.92. The molecule has 1 aliphatic rings. The molecule has 1 amide bonds. The van der Waals surface area contributed by atoms with Crippen LogP contribution in [0.2, 0.25) is 0 Å². The molecule has 0 unspecified atom stereocenters. The molecule has 1 atom stereocenters. The van der Waals surface area contributed by atoms with Gasteiger partial charge in [-0.3, -0.25) is 4.79 Å². The van der Waals surface area contributed by atoms with E-state index in [2.05, 4.69) is 0 Å². The quantitative estimate of drug-likeness (QED) is 0.768. The van der Waals surface area contributed by atoms with Gasteiger partial charge >= 0.3 is 6.18 Å². The number of rotatable bonds is 5. The van der Waals surface area contributed by atoms with Crippen LogP contribution in [-0.2, 0) is 22.9 Å². The van der Waals surface area contributed by atoms with E-state index in [-0.39, 0.29) is 29.4 Å². The molecule has 6 nitrogen and oxygen atoms in total. The highest BCUT2D eigenvalue weighted by Crippen LogP contribution is 2.35. The van der Waals surface area contributed by atoms with Crippen LogP contribution in [0.3, 0.4) is 0 Å². The lowest BCUT2D eigenvalue weighted by Crippen LogP contribution is -2.33. The lowest BCUT2D eigenvalue weighted by atomic mass is 10.1. The summed E-state index contributed by atoms with van der Waals surface area (Å²) in [5, 5.41) is 9.49. The number of anilines is 1. The predicted octanol–water partition coefficient (Wildman–Crippen LogP) is 3.11. The number of aliphatic hydroxyl groups is 1. The highest BCUT2D eigenvalue weighted by atomic mass is 32.2. The molecule has 2 aromatic rings. The van der Waals surface area contributed by atoms with Gasteiger partial charge in [-0.1, -0.05) is 12.1 Å². The van der Waals surface area contributed by atoms with E-state index in [4.69, 9.17) is 4.74 Å². The maximum absolute atomic E-state index is 13.2. The number of fused-ring (bicyclic) bond motifs is 1. The molecule has 1 aliphatic heterocycles. The van der Waals surface area contributed by atoms with E-state index in [0.717, 1.165) is 36.9 Å². The van der Waals surface area contributed by atoms with Crippen molar-refractivity contribution in [3.8, 4) is 5.75 Å². The number of alkyl halides is 3. The molecule has 0 aromatic heterocycles. The summed E-state index contributed by atoms with van der Waals surface area (Å²) >= 11 is 0. The van der Waals surface area contributed by atoms with E-state index in [1.54, 1.807) is 18.2 Å². The molecule has 30 heavy (non-hydrogen) atoms. The Hall–Kier alpha value is -2.59. The van der Waals surface area contributed by atoms with E-state index >= 15 is 0 Å². The van der Waals surface area contributed by atoms with Crippen molar-refractivity contribution in [1.82, 2.24) is 0 Å². The second-order valence-electron chi connectivity index (χ2n) is 7.01. The minimum atomic E-state index is -4.66. The smallest absolute Gasteiger partial charge is 0.425 e. The van der Waals surface area contributed by atoms with Gasteiger partial charge < -0.3 is 14.7 Å². The van der Waals surface area contributed by atoms with Crippen LogP contribution in [-0.4, -0.2) is 44.5 Å². The lowest BCUT2D eigenvalue weighted by Gasteiger charge is -2.23. The molecule has 162 valence electrons. The van der Waals surface area contributed by atoms with Crippen LogP contribution < -0.4 is 9.64 Å². The Labute approximate surface area is 171 Å². The standard InChI is InChI=1S/C20H20F3NO5S/c1-12(20(21,22)23)29-18-7-6-14(30(2,27)28)10-16(18)19(26)24-9-8-15-13(11-25)4-3-5-17(15)24/h3-7,10,12,25H,8-9,11H2,1-2H3/t12-/m0/s1. The monoisotopic (exact) mass is 443 g/mol. The number of nitrogens with zero attached hydrogens (tertiary/aromatic N) is 1. The molecule has 0 saturated heterocycles. The zero-order valence-electron chi connectivity index (χ0n) is 16.2. The molecule has 2 aromatic carbocycles. The molecule has 0 spiro atoms. The Morgan fingerprint density at radius 3 is 2.57 bits per heavy atom. The number of halogens is 3. The molecule has 0 radical (unpaired) electrons. The SMILES string of the molecule is C[C@H](Oc1ccc(S(C)(=O)=O)cc1C(=O)N1CCc2c(CO)cccc21)C(F)(F)F. The van der Waals surface area contributed by atoms with Crippen LogP contribution in [0.1, 0.15) is 28.4 Å². The molecular weight excluding hydrogens is 423 g/mol. The number of hydrogen-bond acceptors (Lipinski definition) is 5. The molecular formula is C20H20F3NO5S. The van der Waals surface area contributed by atoms with Crippen molar-refractivity contribution in [3.05, 3.63) is 53.1 Å². The summed E-state index contributed by atoms with van der Waals surface area (Å²) in [5.41, 5.74) is 1.65. The highest BCUT2D eigenvalue weighted by Gasteiger charge is 2.39. The van der Waals surface area contributed by atoms with Crippen molar-refractivity contribution in [3.63, 3.8) is 0 Å². The van der Waals surface area contributed by atoms with Gasteiger partial charge in [0.1, 0.15) is 5.75 Å². The summed E-state index contributed by atoms with van der Waals surface area (Å²) in [6, 6.07) is 8.24. The molecule has 1 N–H and O–H groups in total. The van der Waals surface area contributed by atoms with Gasteiger partial charge in [-0.25, -0.2) is 8.42 Å². The predicted molar refractivity (Wildman–Crippen MR) is 103 cm³/mol. The first-order valence-corrected chi connectivity index (χ1v) is 10.9. The molecule has 3 rings (SSSR count). The Balaban J connectivity index is 2.07. The van der Waals surface area contributed by atoms with Crippen LogP contribution in [0.5, 0.6) is 5.75 Å². The van der Waals surface area contributed by atoms with Gasteiger partial charge in [0, 0.05) is 18.5 Å². The third-order valence-corrected chi connectivity index (χ3v) is 6.02. The number of ether oxygens (including phenoxy) is 1. The van der Waals surface area contributed by atoms with Crippen molar-refractivity contribution in [2.45, 2.75) is 37.1 Å². The number of carbonyl (C=O) groups excluding carboxylic acids is 1. The number of hydrogen-bond donors (Lipinski definition) is 1. The first-order valence-electron chi connectivity index (χ1n) is 9.04. The van der Waals surface area contributed by atoms with E-state index < -0.39 is 28.0 Å². The number of aliphatic hydroxyl groups excluding tert-OH is 1. The fourth-order valence-electron chi connectivity index (χ4n) is 3.28. The van der Waals surface area contributed by atoms with E-state index in [0.29, 0.717) is 17.7 Å². The third kappa shape index (κ3) is 4.29. The topological polar surface area (TPSA) is 83.9 Å². The Morgan fingerprint density at radius 1 is 1.27 bits per heavy atom. The average molecular weight is 443 g/mol. The Kier molecular flexibility index (Phi) is 5.83. The maximum Gasteiger partial charge on any atom is 0.425 e. The highest BCUT2D eigenvalue weighted by molar-refractivity contribution is 7.90. The molecule has 0 fully saturated rings. The first-order chi connectivity index (χ1) is 13.9. The maximum atomic E-state index is 13.2. The summed E-state index contributed by atoms with van der Waals surface area (Å²) < 4.78 is 67.8. The molecule has 1 heterocycles. The van der Waals surface area contributed by atoms with Crippen LogP contribution in [0, 0.1) is 0 Å². The van der Waals surface area contributed by atoms with Crippen LogP contribution in [0.4, 0.5) is 18.9 Å². The normalized spacial score (nSPS) is 15.1. The summed E-state index contributed by atoms with van der Waals surface area (Å²) in [6.07, 6.45) is -5.46. The average Bonchev–Trinajstić information content (AvgIpc) is 3.10. The third-order valence-electron chi connectivity index (χ3n) is 4.91. The molecule has 0 saturated carbocycles. The van der Waals surface area contributed by atoms with Gasteiger partial charge in [0.15, 0.2) is 15.9 Å². The van der Waals surface area contributed by atoms with E-state index in [9.17, 15) is 31.5 Å². The number of sulfone groups is 1. The van der Waals surface area contributed by atoms with Crippen molar-refractivity contribution >= 4 is 21.4 Å². The van der Waals surface area contributed by atoms with Crippen LogP contribution in [0.25, 0.3) is 0 Å². The summed E-state index contributed by atoms with van der Waals surface area (Å²) in [7, 11) is -3.71. The largest absolute Gasteiger partial charge is 0.480 e. The summed E-state index contributed by atoms with van der Waals surface area (Å²) in [4.78, 5) is 14.4. The van der Waals surface area contributed by atoms with Gasteiger partial charge in [0.2, 0.25) is 0 Å². The number of carbonyl (C=O) groups is 1. The summed E-state index contributed by atoms with van der Waals surface area (Å²) in [6.45, 7) is 0.826. The van der Waals surface area contributed by atoms with Gasteiger partial charge in [-0.2, -0.15) is 13.2 Å². The van der Waals surface area contributed by atoms with Gasteiger partial charge in [-0.05, 0) is 48.7 Å². The molecule has 0 bridgehead atoms. The van der Waals surface area contributed by atoms with Crippen molar-refractivity contribution in [2.75, 3.05) is 17.7 Å². The molecule has 10 heteroatoms. The molecule has 0 aliphatic carbocycles. The van der Waals surface area contributed by atoms with Gasteiger partial charge in [0.25, 0.3) is 5.91 Å². The zero-order chi connectivity index (χ0) is 22.3. The van der Waals surface area contributed by atoms with Crippen LogP contribution >= 0.6 is 0 Å². The first kappa shape index (κ1) is 22.1. The minimum absolute atomic E-state index is 0.207.